The van der Waals surface area contributed by atoms with Crippen LogP contribution in [0.4, 0.5) is 0 Å². The predicted octanol–water partition coefficient (Wildman–Crippen LogP) is 4.29. The lowest BCUT2D eigenvalue weighted by Gasteiger charge is -2.38. The second-order valence-electron chi connectivity index (χ2n) is 6.41. The van der Waals surface area contributed by atoms with Crippen molar-refractivity contribution in [3.8, 4) is 0 Å². The Labute approximate surface area is 118 Å². The van der Waals surface area contributed by atoms with E-state index in [0.29, 0.717) is 6.04 Å². The zero-order chi connectivity index (χ0) is 13.8. The standard InChI is InChI=1S/C17H28N2/c1-13(2)15-8-10-16(11-9-15)19(4)14(3)17-7-5-6-12-18-17/h5-7,12-16H,8-11H2,1-4H3/t14?,15-,16+. The van der Waals surface area contributed by atoms with Gasteiger partial charge in [0.05, 0.1) is 5.69 Å². The molecule has 1 atom stereocenters. The molecule has 0 aromatic carbocycles. The molecular weight excluding hydrogens is 232 g/mol. The molecule has 1 saturated carbocycles. The van der Waals surface area contributed by atoms with Crippen LogP contribution < -0.4 is 0 Å². The number of rotatable bonds is 4. The van der Waals surface area contributed by atoms with Gasteiger partial charge in [0.15, 0.2) is 0 Å². The normalized spacial score (nSPS) is 25.8. The molecule has 106 valence electrons. The fourth-order valence-electron chi connectivity index (χ4n) is 3.32. The summed E-state index contributed by atoms with van der Waals surface area (Å²) in [5.41, 5.74) is 1.19. The quantitative estimate of drug-likeness (QED) is 0.803. The van der Waals surface area contributed by atoms with Crippen LogP contribution in [-0.2, 0) is 0 Å². The summed E-state index contributed by atoms with van der Waals surface area (Å²) in [5, 5.41) is 0. The summed E-state index contributed by atoms with van der Waals surface area (Å²) in [6, 6.07) is 7.36. The van der Waals surface area contributed by atoms with Crippen molar-refractivity contribution in [3.05, 3.63) is 30.1 Å². The Bertz CT molecular complexity index is 366. The van der Waals surface area contributed by atoms with Gasteiger partial charge >= 0.3 is 0 Å². The minimum Gasteiger partial charge on any atom is -0.295 e. The Morgan fingerprint density at radius 2 is 1.79 bits per heavy atom. The summed E-state index contributed by atoms with van der Waals surface area (Å²) in [4.78, 5) is 7.02. The second-order valence-corrected chi connectivity index (χ2v) is 6.41. The molecule has 2 heteroatoms. The maximum absolute atomic E-state index is 4.50. The highest BCUT2D eigenvalue weighted by atomic mass is 15.2. The molecule has 0 aliphatic heterocycles. The van der Waals surface area contributed by atoms with E-state index in [4.69, 9.17) is 0 Å². The van der Waals surface area contributed by atoms with Gasteiger partial charge in [-0.15, -0.1) is 0 Å². The minimum atomic E-state index is 0.418. The first-order valence-electron chi connectivity index (χ1n) is 7.72. The number of pyridine rings is 1. The molecule has 0 saturated heterocycles. The third-order valence-corrected chi connectivity index (χ3v) is 4.99. The van der Waals surface area contributed by atoms with E-state index in [1.807, 2.05) is 12.3 Å². The zero-order valence-electron chi connectivity index (χ0n) is 12.8. The molecule has 2 rings (SSSR count). The maximum atomic E-state index is 4.50. The van der Waals surface area contributed by atoms with Gasteiger partial charge in [-0.3, -0.25) is 9.88 Å². The van der Waals surface area contributed by atoms with E-state index in [1.54, 1.807) is 0 Å². The molecule has 1 aromatic rings. The van der Waals surface area contributed by atoms with Gasteiger partial charge in [-0.05, 0) is 63.6 Å². The van der Waals surface area contributed by atoms with Gasteiger partial charge in [0.2, 0.25) is 0 Å². The van der Waals surface area contributed by atoms with Crippen LogP contribution in [0.25, 0.3) is 0 Å². The lowest BCUT2D eigenvalue weighted by atomic mass is 9.79. The summed E-state index contributed by atoms with van der Waals surface area (Å²) in [5.74, 6) is 1.79. The molecule has 2 nitrogen and oxygen atoms in total. The molecule has 0 amide bonds. The van der Waals surface area contributed by atoms with Crippen LogP contribution in [0.5, 0.6) is 0 Å². The number of aromatic nitrogens is 1. The molecule has 1 heterocycles. The van der Waals surface area contributed by atoms with Crippen molar-refractivity contribution in [2.45, 2.75) is 58.5 Å². The SMILES string of the molecule is CC(c1ccccn1)N(C)[C@H]1CC[C@@H](C(C)C)CC1. The Hall–Kier alpha value is -0.890. The van der Waals surface area contributed by atoms with Gasteiger partial charge in [-0.1, -0.05) is 19.9 Å². The Morgan fingerprint density at radius 3 is 2.32 bits per heavy atom. The van der Waals surface area contributed by atoms with Gasteiger partial charge < -0.3 is 0 Å². The Morgan fingerprint density at radius 1 is 1.11 bits per heavy atom. The zero-order valence-corrected chi connectivity index (χ0v) is 12.8. The van der Waals surface area contributed by atoms with Crippen molar-refractivity contribution in [2.75, 3.05) is 7.05 Å². The van der Waals surface area contributed by atoms with Crippen LogP contribution in [0.3, 0.4) is 0 Å². The molecule has 1 fully saturated rings. The van der Waals surface area contributed by atoms with E-state index in [-0.39, 0.29) is 0 Å². The van der Waals surface area contributed by atoms with E-state index in [1.165, 1.54) is 31.4 Å². The summed E-state index contributed by atoms with van der Waals surface area (Å²) in [6.45, 7) is 7.01. The number of hydrogen-bond acceptors (Lipinski definition) is 2. The van der Waals surface area contributed by atoms with E-state index in [2.05, 4.69) is 49.8 Å². The summed E-state index contributed by atoms with van der Waals surface area (Å²) < 4.78 is 0. The summed E-state index contributed by atoms with van der Waals surface area (Å²) >= 11 is 0. The van der Waals surface area contributed by atoms with Crippen LogP contribution in [0, 0.1) is 11.8 Å². The van der Waals surface area contributed by atoms with E-state index in [9.17, 15) is 0 Å². The fourth-order valence-corrected chi connectivity index (χ4v) is 3.32. The predicted molar refractivity (Wildman–Crippen MR) is 81.0 cm³/mol. The first-order chi connectivity index (χ1) is 9.09. The topological polar surface area (TPSA) is 16.1 Å². The fraction of sp³-hybridized carbons (Fsp3) is 0.706. The van der Waals surface area contributed by atoms with Crippen LogP contribution in [0.2, 0.25) is 0 Å². The average Bonchev–Trinajstić information content (AvgIpc) is 2.46. The minimum absolute atomic E-state index is 0.418. The lowest BCUT2D eigenvalue weighted by molar-refractivity contribution is 0.114. The average molecular weight is 260 g/mol. The maximum Gasteiger partial charge on any atom is 0.0572 e. The second kappa shape index (κ2) is 6.51. The van der Waals surface area contributed by atoms with Gasteiger partial charge in [0.1, 0.15) is 0 Å². The molecule has 1 unspecified atom stereocenters. The van der Waals surface area contributed by atoms with Crippen LogP contribution in [0.1, 0.15) is 58.2 Å². The van der Waals surface area contributed by atoms with Crippen molar-refractivity contribution < 1.29 is 0 Å². The van der Waals surface area contributed by atoms with Crippen LogP contribution >= 0.6 is 0 Å². The van der Waals surface area contributed by atoms with E-state index >= 15 is 0 Å². The third-order valence-electron chi connectivity index (χ3n) is 4.99. The summed E-state index contributed by atoms with van der Waals surface area (Å²) in [7, 11) is 2.26. The number of nitrogens with zero attached hydrogens (tertiary/aromatic N) is 2. The molecule has 0 spiro atoms. The highest BCUT2D eigenvalue weighted by Crippen LogP contribution is 2.34. The van der Waals surface area contributed by atoms with E-state index < -0.39 is 0 Å². The lowest BCUT2D eigenvalue weighted by Crippen LogP contribution is -2.37. The van der Waals surface area contributed by atoms with Crippen molar-refractivity contribution in [1.29, 1.82) is 0 Å². The van der Waals surface area contributed by atoms with Crippen molar-refractivity contribution in [3.63, 3.8) is 0 Å². The first kappa shape index (κ1) is 14.5. The molecule has 0 bridgehead atoms. The molecule has 0 radical (unpaired) electrons. The first-order valence-corrected chi connectivity index (χ1v) is 7.72. The molecule has 19 heavy (non-hydrogen) atoms. The molecule has 0 N–H and O–H groups in total. The van der Waals surface area contributed by atoms with Crippen molar-refractivity contribution in [2.24, 2.45) is 11.8 Å². The van der Waals surface area contributed by atoms with Gasteiger partial charge in [0, 0.05) is 18.3 Å². The van der Waals surface area contributed by atoms with Gasteiger partial charge in [-0.2, -0.15) is 0 Å². The summed E-state index contributed by atoms with van der Waals surface area (Å²) in [6.07, 6.45) is 7.37. The Balaban J connectivity index is 1.92. The van der Waals surface area contributed by atoms with Crippen molar-refractivity contribution >= 4 is 0 Å². The highest BCUT2D eigenvalue weighted by molar-refractivity contribution is 5.08. The van der Waals surface area contributed by atoms with Crippen molar-refractivity contribution in [1.82, 2.24) is 9.88 Å². The Kier molecular flexibility index (Phi) is 4.98. The number of hydrogen-bond donors (Lipinski definition) is 0. The largest absolute Gasteiger partial charge is 0.295 e. The molecule has 1 aromatic heterocycles. The van der Waals surface area contributed by atoms with Crippen LogP contribution in [0.15, 0.2) is 24.4 Å². The van der Waals surface area contributed by atoms with Crippen LogP contribution in [-0.4, -0.2) is 23.0 Å². The van der Waals surface area contributed by atoms with Gasteiger partial charge in [0.25, 0.3) is 0 Å². The van der Waals surface area contributed by atoms with Gasteiger partial charge in [-0.25, -0.2) is 0 Å². The molecular formula is C17H28N2. The molecule has 1 aliphatic carbocycles. The molecule has 1 aliphatic rings. The van der Waals surface area contributed by atoms with E-state index in [0.717, 1.165) is 17.9 Å². The smallest absolute Gasteiger partial charge is 0.0572 e. The third kappa shape index (κ3) is 3.56. The highest BCUT2D eigenvalue weighted by Gasteiger charge is 2.28. The monoisotopic (exact) mass is 260 g/mol.